The molecule has 0 saturated carbocycles. The summed E-state index contributed by atoms with van der Waals surface area (Å²) in [6.07, 6.45) is 1.99. The van der Waals surface area contributed by atoms with E-state index in [2.05, 4.69) is 37.8 Å². The normalized spacial score (nSPS) is 11.4. The number of aromatic nitrogens is 4. The third-order valence-corrected chi connectivity index (χ3v) is 4.90. The van der Waals surface area contributed by atoms with Crippen molar-refractivity contribution < 1.29 is 14.7 Å². The summed E-state index contributed by atoms with van der Waals surface area (Å²) >= 11 is 0. The lowest BCUT2D eigenvalue weighted by atomic mass is 10.1. The zero-order valence-corrected chi connectivity index (χ0v) is 20.0. The molecule has 3 rings (SSSR count). The van der Waals surface area contributed by atoms with Gasteiger partial charge in [0.05, 0.1) is 13.1 Å². The molecular formula is C23H32N8O3. The van der Waals surface area contributed by atoms with E-state index in [0.717, 1.165) is 18.4 Å². The highest BCUT2D eigenvalue weighted by molar-refractivity contribution is 5.96. The summed E-state index contributed by atoms with van der Waals surface area (Å²) in [5, 5.41) is 18.9. The number of nitrogens with zero attached hydrogens (tertiary/aromatic N) is 4. The van der Waals surface area contributed by atoms with Crippen LogP contribution in [0.5, 0.6) is 6.01 Å². The van der Waals surface area contributed by atoms with Gasteiger partial charge in [-0.3, -0.25) is 14.2 Å². The van der Waals surface area contributed by atoms with E-state index >= 15 is 0 Å². The predicted molar refractivity (Wildman–Crippen MR) is 131 cm³/mol. The van der Waals surface area contributed by atoms with Crippen LogP contribution >= 0.6 is 0 Å². The van der Waals surface area contributed by atoms with Gasteiger partial charge in [0.15, 0.2) is 17.0 Å². The van der Waals surface area contributed by atoms with Crippen molar-refractivity contribution >= 4 is 34.7 Å². The Morgan fingerprint density at radius 3 is 2.47 bits per heavy atom. The highest BCUT2D eigenvalue weighted by Gasteiger charge is 2.17. The van der Waals surface area contributed by atoms with Gasteiger partial charge in [-0.15, -0.1) is 0 Å². The molecule has 0 aliphatic carbocycles. The summed E-state index contributed by atoms with van der Waals surface area (Å²) in [6.45, 7) is 8.57. The van der Waals surface area contributed by atoms with Crippen LogP contribution in [0.4, 0.5) is 11.8 Å². The molecule has 0 atom stereocenters. The maximum absolute atomic E-state index is 12.4. The zero-order valence-electron chi connectivity index (χ0n) is 20.0. The van der Waals surface area contributed by atoms with E-state index in [1.807, 2.05) is 20.8 Å². The van der Waals surface area contributed by atoms with E-state index in [4.69, 9.17) is 5.73 Å². The van der Waals surface area contributed by atoms with E-state index in [9.17, 15) is 14.7 Å². The number of imidazole rings is 1. The first-order valence-corrected chi connectivity index (χ1v) is 11.2. The summed E-state index contributed by atoms with van der Waals surface area (Å²) in [4.78, 5) is 37.1. The standard InChI is InChI=1S/C23H32N8O3/c1-5-6-11-25-21-28-18(24)17-19(29-21)31(22(34)27-17)13-14-7-9-15(10-8-14)20(33)26-12-16(32)30-23(2,3)4/h7-10H,5-6,11-13H2,1-4H3,(H,26,33)(H,27,34)(H,30,32)(H3,24,25,28,29). The van der Waals surface area contributed by atoms with Gasteiger partial charge < -0.3 is 26.8 Å². The van der Waals surface area contributed by atoms with E-state index < -0.39 is 0 Å². The molecule has 11 heteroatoms. The molecule has 0 aliphatic rings. The van der Waals surface area contributed by atoms with Crippen LogP contribution in [0, 0.1) is 0 Å². The molecule has 0 aliphatic heterocycles. The lowest BCUT2D eigenvalue weighted by molar-refractivity contribution is -0.121. The topological polar surface area (TPSA) is 160 Å². The molecular weight excluding hydrogens is 436 g/mol. The lowest BCUT2D eigenvalue weighted by Crippen LogP contribution is -2.45. The Kier molecular flexibility index (Phi) is 7.54. The van der Waals surface area contributed by atoms with Gasteiger partial charge in [-0.1, -0.05) is 25.5 Å². The summed E-state index contributed by atoms with van der Waals surface area (Å²) in [5.74, 6) is -0.0534. The molecule has 0 bridgehead atoms. The van der Waals surface area contributed by atoms with Crippen LogP contribution in [0.25, 0.3) is 11.2 Å². The molecule has 2 aromatic heterocycles. The molecule has 1 aromatic carbocycles. The van der Waals surface area contributed by atoms with E-state index in [1.165, 1.54) is 4.57 Å². The Morgan fingerprint density at radius 2 is 1.82 bits per heavy atom. The first kappa shape index (κ1) is 24.7. The fraction of sp³-hybridized carbons (Fsp3) is 0.435. The van der Waals surface area contributed by atoms with Gasteiger partial charge in [-0.2, -0.15) is 15.0 Å². The molecule has 0 spiro atoms. The number of carbonyl (C=O) groups excluding carboxylic acids is 2. The molecule has 182 valence electrons. The molecule has 0 saturated heterocycles. The van der Waals surface area contributed by atoms with E-state index in [1.54, 1.807) is 24.3 Å². The molecule has 2 heterocycles. The van der Waals surface area contributed by atoms with Crippen LogP contribution < -0.4 is 21.7 Å². The Morgan fingerprint density at radius 1 is 1.12 bits per heavy atom. The fourth-order valence-electron chi connectivity index (χ4n) is 3.28. The lowest BCUT2D eigenvalue weighted by Gasteiger charge is -2.20. The number of hydrogen-bond acceptors (Lipinski definition) is 8. The van der Waals surface area contributed by atoms with Crippen molar-refractivity contribution in [1.29, 1.82) is 0 Å². The highest BCUT2D eigenvalue weighted by atomic mass is 16.3. The minimum absolute atomic E-state index is 0.109. The molecule has 0 unspecified atom stereocenters. The quantitative estimate of drug-likeness (QED) is 0.298. The second-order valence-electron chi connectivity index (χ2n) is 9.06. The van der Waals surface area contributed by atoms with Crippen LogP contribution in [0.1, 0.15) is 56.5 Å². The van der Waals surface area contributed by atoms with Gasteiger partial charge in [-0.05, 0) is 44.9 Å². The van der Waals surface area contributed by atoms with Crippen molar-refractivity contribution in [3.8, 4) is 6.01 Å². The minimum Gasteiger partial charge on any atom is -0.480 e. The number of aromatic hydroxyl groups is 1. The number of benzene rings is 1. The first-order valence-electron chi connectivity index (χ1n) is 11.2. The fourth-order valence-corrected chi connectivity index (χ4v) is 3.28. The molecule has 34 heavy (non-hydrogen) atoms. The Balaban J connectivity index is 1.71. The van der Waals surface area contributed by atoms with Crippen molar-refractivity contribution in [2.75, 3.05) is 24.1 Å². The molecule has 0 fully saturated rings. The smallest absolute Gasteiger partial charge is 0.296 e. The molecule has 0 radical (unpaired) electrons. The SMILES string of the molecule is CCCCNc1nc(N)c2nc(O)n(Cc3ccc(C(=O)NCC(=O)NC(C)(C)C)cc3)c2n1. The number of nitrogens with two attached hydrogens (primary N) is 1. The van der Waals surface area contributed by atoms with E-state index in [-0.39, 0.29) is 42.3 Å². The van der Waals surface area contributed by atoms with Crippen molar-refractivity contribution in [3.05, 3.63) is 35.4 Å². The summed E-state index contributed by atoms with van der Waals surface area (Å²) in [5.41, 5.74) is 7.62. The summed E-state index contributed by atoms with van der Waals surface area (Å²) < 4.78 is 1.53. The average molecular weight is 469 g/mol. The molecule has 2 amide bonds. The van der Waals surface area contributed by atoms with Crippen LogP contribution in [0.15, 0.2) is 24.3 Å². The number of rotatable bonds is 9. The Bertz CT molecular complexity index is 1170. The van der Waals surface area contributed by atoms with E-state index in [0.29, 0.717) is 29.2 Å². The molecule has 6 N–H and O–H groups in total. The van der Waals surface area contributed by atoms with Crippen molar-refractivity contribution in [3.63, 3.8) is 0 Å². The Labute approximate surface area is 198 Å². The number of hydrogen-bond donors (Lipinski definition) is 5. The van der Waals surface area contributed by atoms with Gasteiger partial charge >= 0.3 is 0 Å². The second-order valence-corrected chi connectivity index (χ2v) is 9.06. The summed E-state index contributed by atoms with van der Waals surface area (Å²) in [6, 6.07) is 6.61. The minimum atomic E-state index is -0.367. The number of amides is 2. The largest absolute Gasteiger partial charge is 0.480 e. The first-order chi connectivity index (χ1) is 16.1. The monoisotopic (exact) mass is 468 g/mol. The maximum Gasteiger partial charge on any atom is 0.296 e. The van der Waals surface area contributed by atoms with Gasteiger partial charge in [0.25, 0.3) is 11.9 Å². The summed E-state index contributed by atoms with van der Waals surface area (Å²) in [7, 11) is 0. The van der Waals surface area contributed by atoms with Crippen molar-refractivity contribution in [1.82, 2.24) is 30.2 Å². The highest BCUT2D eigenvalue weighted by Crippen LogP contribution is 2.25. The number of carbonyl (C=O) groups is 2. The third-order valence-electron chi connectivity index (χ3n) is 4.90. The second kappa shape index (κ2) is 10.4. The zero-order chi connectivity index (χ0) is 24.9. The van der Waals surface area contributed by atoms with Crippen molar-refractivity contribution in [2.24, 2.45) is 0 Å². The van der Waals surface area contributed by atoms with Crippen molar-refractivity contribution in [2.45, 2.75) is 52.6 Å². The van der Waals surface area contributed by atoms with Crippen LogP contribution in [0.2, 0.25) is 0 Å². The third kappa shape index (κ3) is 6.33. The predicted octanol–water partition coefficient (Wildman–Crippen LogP) is 2.02. The molecule has 11 nitrogen and oxygen atoms in total. The van der Waals surface area contributed by atoms with Crippen LogP contribution in [-0.4, -0.2) is 55.1 Å². The number of nitrogen functional groups attached to an aromatic ring is 1. The van der Waals surface area contributed by atoms with Gasteiger partial charge in [0.1, 0.15) is 0 Å². The number of anilines is 2. The van der Waals surface area contributed by atoms with Gasteiger partial charge in [0.2, 0.25) is 11.9 Å². The van der Waals surface area contributed by atoms with Gasteiger partial charge in [0, 0.05) is 17.6 Å². The Hall–Kier alpha value is -3.89. The van der Waals surface area contributed by atoms with Crippen LogP contribution in [0.3, 0.4) is 0 Å². The molecule has 3 aromatic rings. The van der Waals surface area contributed by atoms with Crippen LogP contribution in [-0.2, 0) is 11.3 Å². The average Bonchev–Trinajstić information content (AvgIpc) is 3.07. The number of unbranched alkanes of at least 4 members (excludes halogenated alkanes) is 1. The maximum atomic E-state index is 12.4. The number of fused-ring (bicyclic) bond motifs is 1. The number of nitrogens with one attached hydrogen (secondary N) is 3. The van der Waals surface area contributed by atoms with Gasteiger partial charge in [-0.25, -0.2) is 0 Å².